The van der Waals surface area contributed by atoms with E-state index in [-0.39, 0.29) is 0 Å². The number of thioether (sulfide) groups is 2. The molecule has 0 amide bonds. The molecular formula is C18H25ClN4OS2. The maximum Gasteiger partial charge on any atom is 0.159 e. The van der Waals surface area contributed by atoms with E-state index < -0.39 is 0 Å². The third kappa shape index (κ3) is 6.70. The third-order valence-corrected chi connectivity index (χ3v) is 5.63. The summed E-state index contributed by atoms with van der Waals surface area (Å²) in [5.41, 5.74) is 2.87. The normalized spacial score (nSPS) is 14.1. The van der Waals surface area contributed by atoms with E-state index in [1.165, 1.54) is 11.8 Å². The highest BCUT2D eigenvalue weighted by Gasteiger charge is 2.20. The Bertz CT molecular complexity index is 717. The minimum absolute atomic E-state index is 0.593. The van der Waals surface area contributed by atoms with Gasteiger partial charge in [0.2, 0.25) is 0 Å². The quantitative estimate of drug-likeness (QED) is 0.394. The van der Waals surface area contributed by atoms with E-state index in [1.807, 2.05) is 53.1 Å². The van der Waals surface area contributed by atoms with E-state index in [4.69, 9.17) is 11.6 Å². The van der Waals surface area contributed by atoms with Crippen LogP contribution in [0, 0.1) is 6.92 Å². The number of allylic oxidation sites excluding steroid dienone is 2. The maximum atomic E-state index is 11.4. The lowest BCUT2D eigenvalue weighted by atomic mass is 10.2. The number of hydrogen-bond donors (Lipinski definition) is 0. The van der Waals surface area contributed by atoms with Crippen LogP contribution in [-0.2, 0) is 10.5 Å². The Morgan fingerprint density at radius 1 is 1.38 bits per heavy atom. The molecule has 1 heterocycles. The van der Waals surface area contributed by atoms with Crippen molar-refractivity contribution in [1.29, 1.82) is 0 Å². The summed E-state index contributed by atoms with van der Waals surface area (Å²) in [5.74, 6) is 0.700. The maximum absolute atomic E-state index is 11.4. The second-order valence-electron chi connectivity index (χ2n) is 5.33. The van der Waals surface area contributed by atoms with E-state index in [1.54, 1.807) is 35.0 Å². The van der Waals surface area contributed by atoms with E-state index in [2.05, 4.69) is 10.2 Å². The minimum atomic E-state index is 0.593. The molecule has 0 aliphatic carbocycles. The fourth-order valence-corrected chi connectivity index (χ4v) is 4.33. The fraction of sp³-hybridized carbons (Fsp3) is 0.389. The number of rotatable bonds is 5. The van der Waals surface area contributed by atoms with Gasteiger partial charge < -0.3 is 5.01 Å². The van der Waals surface area contributed by atoms with Crippen molar-refractivity contribution in [3.8, 4) is 0 Å². The van der Waals surface area contributed by atoms with Crippen molar-refractivity contribution in [2.45, 2.75) is 26.5 Å². The van der Waals surface area contributed by atoms with Crippen molar-refractivity contribution < 1.29 is 4.79 Å². The molecule has 0 fully saturated rings. The number of halogens is 1. The van der Waals surface area contributed by atoms with Crippen LogP contribution in [0.3, 0.4) is 0 Å². The Morgan fingerprint density at radius 3 is 2.65 bits per heavy atom. The van der Waals surface area contributed by atoms with Crippen LogP contribution >= 0.6 is 35.1 Å². The zero-order valence-corrected chi connectivity index (χ0v) is 18.4. The molecule has 0 atom stereocenters. The molecule has 26 heavy (non-hydrogen) atoms. The summed E-state index contributed by atoms with van der Waals surface area (Å²) in [7, 11) is 5.45. The number of hydrogen-bond acceptors (Lipinski definition) is 7. The van der Waals surface area contributed by atoms with Gasteiger partial charge in [-0.2, -0.15) is 10.2 Å². The predicted octanol–water partition coefficient (Wildman–Crippen LogP) is 4.82. The molecule has 8 heteroatoms. The molecule has 2 rings (SSSR count). The summed E-state index contributed by atoms with van der Waals surface area (Å²) in [6, 6.07) is 6.01. The molecule has 142 valence electrons. The smallest absolute Gasteiger partial charge is 0.159 e. The van der Waals surface area contributed by atoms with Gasteiger partial charge in [-0.1, -0.05) is 61.1 Å². The van der Waals surface area contributed by atoms with Crippen molar-refractivity contribution in [2.24, 2.45) is 10.2 Å². The van der Waals surface area contributed by atoms with E-state index in [0.717, 1.165) is 26.8 Å². The highest BCUT2D eigenvalue weighted by molar-refractivity contribution is 8.40. The number of benzene rings is 1. The summed E-state index contributed by atoms with van der Waals surface area (Å²) in [6.07, 6.45) is 2.48. The molecule has 0 radical (unpaired) electrons. The highest BCUT2D eigenvalue weighted by atomic mass is 35.5. The van der Waals surface area contributed by atoms with Gasteiger partial charge in [0, 0.05) is 31.9 Å². The summed E-state index contributed by atoms with van der Waals surface area (Å²) >= 11 is 9.18. The SMILES string of the molecule is CC.Cc1ccc(CSC2=NN(C)C(/C=N\N(C)C)=C(C=O)S2)c(Cl)c1. The molecule has 0 saturated heterocycles. The Labute approximate surface area is 169 Å². The summed E-state index contributed by atoms with van der Waals surface area (Å²) in [4.78, 5) is 12.0. The van der Waals surface area contributed by atoms with Crippen molar-refractivity contribution in [1.82, 2.24) is 10.0 Å². The van der Waals surface area contributed by atoms with Crippen LogP contribution in [0.5, 0.6) is 0 Å². The number of aldehydes is 1. The second kappa shape index (κ2) is 11.3. The molecule has 1 aliphatic rings. The first-order valence-corrected chi connectivity index (χ1v) is 10.4. The minimum Gasteiger partial charge on any atom is -0.303 e. The second-order valence-corrected chi connectivity index (χ2v) is 7.99. The molecule has 1 aromatic rings. The first-order chi connectivity index (χ1) is 12.4. The summed E-state index contributed by atoms with van der Waals surface area (Å²) in [5, 5.41) is 12.8. The van der Waals surface area contributed by atoms with Crippen LogP contribution in [0.2, 0.25) is 5.02 Å². The first-order valence-electron chi connectivity index (χ1n) is 8.19. The van der Waals surface area contributed by atoms with Crippen LogP contribution in [0.25, 0.3) is 0 Å². The van der Waals surface area contributed by atoms with Crippen molar-refractivity contribution >= 4 is 52.0 Å². The monoisotopic (exact) mass is 412 g/mol. The summed E-state index contributed by atoms with van der Waals surface area (Å²) in [6.45, 7) is 6.01. The number of nitrogens with zero attached hydrogens (tertiary/aromatic N) is 4. The van der Waals surface area contributed by atoms with Crippen LogP contribution in [-0.4, -0.2) is 48.0 Å². The van der Waals surface area contributed by atoms with E-state index in [0.29, 0.717) is 16.4 Å². The number of hydrazone groups is 2. The molecule has 0 N–H and O–H groups in total. The third-order valence-electron chi connectivity index (χ3n) is 3.11. The van der Waals surface area contributed by atoms with E-state index >= 15 is 0 Å². The van der Waals surface area contributed by atoms with Gasteiger partial charge in [-0.15, -0.1) is 0 Å². The standard InChI is InChI=1S/C16H19ClN4OS2.C2H6/c1-11-5-6-12(13(17)7-11)10-23-16-19-21(4)14(8-18-20(2)3)15(9-22)24-16;1-2/h5-9H,10H2,1-4H3;1-2H3/b18-8-;. The topological polar surface area (TPSA) is 48.3 Å². The molecule has 0 bridgehead atoms. The van der Waals surface area contributed by atoms with E-state index in [9.17, 15) is 4.79 Å². The zero-order valence-electron chi connectivity index (χ0n) is 16.0. The molecule has 0 spiro atoms. The van der Waals surface area contributed by atoms with Gasteiger partial charge in [-0.05, 0) is 24.1 Å². The van der Waals surface area contributed by atoms with Crippen LogP contribution in [0.4, 0.5) is 0 Å². The molecule has 5 nitrogen and oxygen atoms in total. The Morgan fingerprint density at radius 2 is 2.08 bits per heavy atom. The number of carbonyl (C=O) groups is 1. The van der Waals surface area contributed by atoms with Gasteiger partial charge in [0.25, 0.3) is 0 Å². The molecular weight excluding hydrogens is 388 g/mol. The van der Waals surface area contributed by atoms with Gasteiger partial charge in [0.15, 0.2) is 10.7 Å². The molecule has 1 aliphatic heterocycles. The Kier molecular flexibility index (Phi) is 9.83. The fourth-order valence-electron chi connectivity index (χ4n) is 1.87. The Hall–Kier alpha value is -1.44. The largest absolute Gasteiger partial charge is 0.303 e. The Balaban J connectivity index is 0.00000163. The molecule has 0 unspecified atom stereocenters. The van der Waals surface area contributed by atoms with Crippen LogP contribution in [0.1, 0.15) is 25.0 Å². The molecule has 0 saturated carbocycles. The molecule has 0 aromatic heterocycles. The average Bonchev–Trinajstić information content (AvgIpc) is 2.61. The van der Waals surface area contributed by atoms with Crippen molar-refractivity contribution in [2.75, 3.05) is 21.1 Å². The number of aryl methyl sites for hydroxylation is 1. The predicted molar refractivity (Wildman–Crippen MR) is 117 cm³/mol. The van der Waals surface area contributed by atoms with Gasteiger partial charge in [0.1, 0.15) is 0 Å². The zero-order chi connectivity index (χ0) is 19.7. The lowest BCUT2D eigenvalue weighted by Gasteiger charge is -2.22. The van der Waals surface area contributed by atoms with Gasteiger partial charge in [-0.25, -0.2) is 0 Å². The number of carbonyl (C=O) groups excluding carboxylic acids is 1. The van der Waals surface area contributed by atoms with Crippen LogP contribution in [0.15, 0.2) is 39.0 Å². The van der Waals surface area contributed by atoms with Crippen molar-refractivity contribution in [3.63, 3.8) is 0 Å². The summed E-state index contributed by atoms with van der Waals surface area (Å²) < 4.78 is 0.804. The van der Waals surface area contributed by atoms with Gasteiger partial charge >= 0.3 is 0 Å². The van der Waals surface area contributed by atoms with Crippen LogP contribution < -0.4 is 0 Å². The van der Waals surface area contributed by atoms with Gasteiger partial charge in [0.05, 0.1) is 16.8 Å². The highest BCUT2D eigenvalue weighted by Crippen LogP contribution is 2.34. The van der Waals surface area contributed by atoms with Gasteiger partial charge in [-0.3, -0.25) is 9.80 Å². The van der Waals surface area contributed by atoms with Crippen molar-refractivity contribution in [3.05, 3.63) is 45.0 Å². The molecule has 1 aromatic carbocycles. The lowest BCUT2D eigenvalue weighted by molar-refractivity contribution is -0.104. The lowest BCUT2D eigenvalue weighted by Crippen LogP contribution is -2.20. The first kappa shape index (κ1) is 22.6. The average molecular weight is 413 g/mol.